The third-order valence-electron chi connectivity index (χ3n) is 5.33. The van der Waals surface area contributed by atoms with E-state index in [1.165, 1.54) is 71.6 Å². The monoisotopic (exact) mass is 250 g/mol. The summed E-state index contributed by atoms with van der Waals surface area (Å²) in [4.78, 5) is 8.18. The Kier molecular flexibility index (Phi) is 3.07. The zero-order chi connectivity index (χ0) is 11.9. The molecule has 3 aliphatic heterocycles. The van der Waals surface area contributed by atoms with E-state index in [0.29, 0.717) is 0 Å². The first-order chi connectivity index (χ1) is 8.90. The lowest BCUT2D eigenvalue weighted by Gasteiger charge is -2.49. The fourth-order valence-electron chi connectivity index (χ4n) is 3.90. The van der Waals surface area contributed by atoms with Crippen molar-refractivity contribution in [1.29, 1.82) is 0 Å². The highest BCUT2D eigenvalue weighted by Crippen LogP contribution is 2.32. The molecule has 1 aliphatic carbocycles. The predicted molar refractivity (Wildman–Crippen MR) is 72.8 cm³/mol. The molecule has 4 rings (SSSR count). The van der Waals surface area contributed by atoms with Crippen molar-refractivity contribution in [1.82, 2.24) is 20.0 Å². The van der Waals surface area contributed by atoms with Gasteiger partial charge in [0.25, 0.3) is 0 Å². The minimum absolute atomic E-state index is 0.863. The van der Waals surface area contributed by atoms with Crippen molar-refractivity contribution in [3.63, 3.8) is 0 Å². The van der Waals surface area contributed by atoms with E-state index in [9.17, 15) is 0 Å². The van der Waals surface area contributed by atoms with Gasteiger partial charge in [0.05, 0.1) is 0 Å². The second kappa shape index (κ2) is 4.75. The predicted octanol–water partition coefficient (Wildman–Crippen LogP) is -0.187. The van der Waals surface area contributed by atoms with Crippen LogP contribution in [0.2, 0.25) is 0 Å². The summed E-state index contributed by atoms with van der Waals surface area (Å²) in [6.45, 7) is 10.3. The molecule has 0 spiro atoms. The molecule has 1 unspecified atom stereocenters. The second-order valence-corrected chi connectivity index (χ2v) is 6.56. The van der Waals surface area contributed by atoms with E-state index >= 15 is 0 Å². The van der Waals surface area contributed by atoms with E-state index in [1.54, 1.807) is 0 Å². The molecule has 4 nitrogen and oxygen atoms in total. The van der Waals surface area contributed by atoms with E-state index in [2.05, 4.69) is 20.0 Å². The van der Waals surface area contributed by atoms with Gasteiger partial charge >= 0.3 is 0 Å². The molecule has 3 saturated heterocycles. The molecule has 0 radical (unpaired) electrons. The van der Waals surface area contributed by atoms with E-state index in [4.69, 9.17) is 0 Å². The first-order valence-corrected chi connectivity index (χ1v) is 7.83. The molecule has 4 fully saturated rings. The summed E-state index contributed by atoms with van der Waals surface area (Å²) in [5.74, 6) is 0. The molecule has 1 saturated carbocycles. The Labute approximate surface area is 110 Å². The quantitative estimate of drug-likeness (QED) is 0.749. The Bertz CT molecular complexity index is 292. The number of piperazine rings is 1. The van der Waals surface area contributed by atoms with Crippen LogP contribution in [0.4, 0.5) is 0 Å². The van der Waals surface area contributed by atoms with Crippen LogP contribution in [0, 0.1) is 0 Å². The summed E-state index contributed by atoms with van der Waals surface area (Å²) in [6.07, 6.45) is 4.36. The van der Waals surface area contributed by atoms with Gasteiger partial charge in [-0.2, -0.15) is 0 Å². The third kappa shape index (κ3) is 2.20. The Morgan fingerprint density at radius 2 is 1.33 bits per heavy atom. The van der Waals surface area contributed by atoms with Crippen LogP contribution in [0.25, 0.3) is 0 Å². The first kappa shape index (κ1) is 11.6. The van der Waals surface area contributed by atoms with E-state index in [1.807, 2.05) is 0 Å². The van der Waals surface area contributed by atoms with Crippen molar-refractivity contribution in [2.24, 2.45) is 0 Å². The molecular weight excluding hydrogens is 224 g/mol. The van der Waals surface area contributed by atoms with Crippen molar-refractivity contribution >= 4 is 0 Å². The Morgan fingerprint density at radius 3 is 2.06 bits per heavy atom. The van der Waals surface area contributed by atoms with Gasteiger partial charge in [0.1, 0.15) is 0 Å². The molecule has 0 aromatic rings. The van der Waals surface area contributed by atoms with Crippen molar-refractivity contribution < 1.29 is 0 Å². The lowest BCUT2D eigenvalue weighted by Crippen LogP contribution is -2.65. The van der Waals surface area contributed by atoms with Crippen LogP contribution in [0.5, 0.6) is 0 Å². The topological polar surface area (TPSA) is 21.8 Å². The Morgan fingerprint density at radius 1 is 0.611 bits per heavy atom. The van der Waals surface area contributed by atoms with Crippen LogP contribution in [-0.2, 0) is 0 Å². The van der Waals surface area contributed by atoms with Gasteiger partial charge in [-0.3, -0.25) is 14.7 Å². The number of hydrogen-bond donors (Lipinski definition) is 1. The maximum absolute atomic E-state index is 3.45. The summed E-state index contributed by atoms with van der Waals surface area (Å²) in [6, 6.07) is 2.71. The van der Waals surface area contributed by atoms with Crippen LogP contribution >= 0.6 is 0 Å². The number of hydrogen-bond acceptors (Lipinski definition) is 4. The lowest BCUT2D eigenvalue weighted by molar-refractivity contribution is 0.00189. The normalized spacial score (nSPS) is 37.0. The summed E-state index contributed by atoms with van der Waals surface area (Å²) >= 11 is 0. The zero-order valence-electron chi connectivity index (χ0n) is 11.4. The lowest BCUT2D eigenvalue weighted by atomic mass is 10.0. The van der Waals surface area contributed by atoms with Gasteiger partial charge < -0.3 is 5.32 Å². The van der Waals surface area contributed by atoms with E-state index in [0.717, 1.165) is 18.1 Å². The van der Waals surface area contributed by atoms with E-state index in [-0.39, 0.29) is 0 Å². The molecule has 0 aromatic heterocycles. The van der Waals surface area contributed by atoms with Gasteiger partial charge in [-0.15, -0.1) is 0 Å². The molecule has 0 bridgehead atoms. The smallest absolute Gasteiger partial charge is 0.0351 e. The molecular formula is C14H26N4. The van der Waals surface area contributed by atoms with Crippen LogP contribution < -0.4 is 5.32 Å². The highest BCUT2D eigenvalue weighted by molar-refractivity contribution is 4.98. The fourth-order valence-corrected chi connectivity index (χ4v) is 3.90. The minimum atomic E-state index is 0.863. The molecule has 3 heterocycles. The third-order valence-corrected chi connectivity index (χ3v) is 5.33. The average Bonchev–Trinajstić information content (AvgIpc) is 3.09. The molecule has 1 N–H and O–H groups in total. The molecule has 18 heavy (non-hydrogen) atoms. The van der Waals surface area contributed by atoms with Gasteiger partial charge in [0.2, 0.25) is 0 Å². The SMILES string of the molecule is C1CN(C2CN(C3CCN(C4CC4)C3)C2)CCN1. The van der Waals surface area contributed by atoms with Crippen LogP contribution in [0.15, 0.2) is 0 Å². The highest BCUT2D eigenvalue weighted by atomic mass is 15.4. The maximum Gasteiger partial charge on any atom is 0.0351 e. The second-order valence-electron chi connectivity index (χ2n) is 6.56. The Hall–Kier alpha value is -0.160. The highest BCUT2D eigenvalue weighted by Gasteiger charge is 2.41. The van der Waals surface area contributed by atoms with Crippen molar-refractivity contribution in [3.8, 4) is 0 Å². The number of nitrogens with zero attached hydrogens (tertiary/aromatic N) is 3. The number of rotatable bonds is 3. The van der Waals surface area contributed by atoms with Gasteiger partial charge in [0.15, 0.2) is 0 Å². The molecule has 0 aromatic carbocycles. The number of nitrogens with one attached hydrogen (secondary N) is 1. The Balaban J connectivity index is 1.24. The summed E-state index contributed by atoms with van der Waals surface area (Å²) in [5, 5.41) is 3.45. The summed E-state index contributed by atoms with van der Waals surface area (Å²) < 4.78 is 0. The maximum atomic E-state index is 3.45. The largest absolute Gasteiger partial charge is 0.314 e. The fraction of sp³-hybridized carbons (Fsp3) is 1.00. The standard InChI is InChI=1S/C14H26N4/c1-2-12(1)17-6-3-13(9-17)18-10-14(11-18)16-7-4-15-5-8-16/h12-15H,1-11H2. The van der Waals surface area contributed by atoms with Crippen molar-refractivity contribution in [3.05, 3.63) is 0 Å². The number of likely N-dealkylation sites (tertiary alicyclic amines) is 2. The summed E-state index contributed by atoms with van der Waals surface area (Å²) in [7, 11) is 0. The molecule has 102 valence electrons. The molecule has 4 heteroatoms. The summed E-state index contributed by atoms with van der Waals surface area (Å²) in [5.41, 5.74) is 0. The van der Waals surface area contributed by atoms with Crippen molar-refractivity contribution in [2.45, 2.75) is 37.4 Å². The molecule has 4 aliphatic rings. The van der Waals surface area contributed by atoms with Crippen molar-refractivity contribution in [2.75, 3.05) is 52.4 Å². The van der Waals surface area contributed by atoms with Crippen LogP contribution in [0.1, 0.15) is 19.3 Å². The van der Waals surface area contributed by atoms with Gasteiger partial charge in [-0.1, -0.05) is 0 Å². The van der Waals surface area contributed by atoms with Crippen LogP contribution in [0.3, 0.4) is 0 Å². The molecule has 0 amide bonds. The van der Waals surface area contributed by atoms with Crippen LogP contribution in [-0.4, -0.2) is 85.2 Å². The van der Waals surface area contributed by atoms with Gasteiger partial charge in [0, 0.05) is 70.5 Å². The zero-order valence-corrected chi connectivity index (χ0v) is 11.4. The molecule has 1 atom stereocenters. The first-order valence-electron chi connectivity index (χ1n) is 7.83. The minimum Gasteiger partial charge on any atom is -0.314 e. The van der Waals surface area contributed by atoms with E-state index < -0.39 is 0 Å². The average molecular weight is 250 g/mol. The van der Waals surface area contributed by atoms with Gasteiger partial charge in [-0.05, 0) is 19.3 Å². The van der Waals surface area contributed by atoms with Gasteiger partial charge in [-0.25, -0.2) is 0 Å².